The molecule has 0 aliphatic heterocycles. The van der Waals surface area contributed by atoms with E-state index in [0.29, 0.717) is 5.41 Å². The van der Waals surface area contributed by atoms with Crippen LogP contribution in [0.5, 0.6) is 0 Å². The van der Waals surface area contributed by atoms with Crippen LogP contribution in [-0.4, -0.2) is 6.98 Å². The monoisotopic (exact) mass is 202 g/mol. The van der Waals surface area contributed by atoms with Gasteiger partial charge in [0.05, 0.1) is 0 Å². The standard InChI is InChI=1S/C7H11BF3.K/c9-8(10,11)5-6-3-7(4-6)1-2-7;/h6H,1-5H2;/q-1;+1. The normalized spacial score (nSPS) is 26.2. The topological polar surface area (TPSA) is 0 Å². The van der Waals surface area contributed by atoms with E-state index in [-0.39, 0.29) is 57.3 Å². The molecule has 0 aromatic rings. The maximum absolute atomic E-state index is 11.9. The second-order valence-corrected chi connectivity index (χ2v) is 4.22. The average molecular weight is 202 g/mol. The molecule has 2 rings (SSSR count). The summed E-state index contributed by atoms with van der Waals surface area (Å²) in [6, 6.07) is 0. The molecular weight excluding hydrogens is 191 g/mol. The van der Waals surface area contributed by atoms with Crippen LogP contribution in [0.1, 0.15) is 25.7 Å². The Morgan fingerprint density at radius 3 is 2.00 bits per heavy atom. The third-order valence-electron chi connectivity index (χ3n) is 3.00. The first-order valence-corrected chi connectivity index (χ1v) is 4.20. The van der Waals surface area contributed by atoms with Crippen molar-refractivity contribution in [2.45, 2.75) is 32.0 Å². The van der Waals surface area contributed by atoms with Crippen molar-refractivity contribution in [2.24, 2.45) is 11.3 Å². The summed E-state index contributed by atoms with van der Waals surface area (Å²) in [5.74, 6) is -0.0162. The minimum atomic E-state index is -4.51. The van der Waals surface area contributed by atoms with E-state index in [9.17, 15) is 12.9 Å². The van der Waals surface area contributed by atoms with Gasteiger partial charge in [-0.15, -0.1) is 0 Å². The van der Waals surface area contributed by atoms with Crippen LogP contribution in [0.4, 0.5) is 12.9 Å². The molecule has 64 valence electrons. The number of hydrogen-bond donors (Lipinski definition) is 0. The van der Waals surface area contributed by atoms with E-state index in [1.54, 1.807) is 0 Å². The Morgan fingerprint density at radius 1 is 1.17 bits per heavy atom. The summed E-state index contributed by atoms with van der Waals surface area (Å²) in [4.78, 5) is 0. The molecule has 2 aliphatic carbocycles. The minimum Gasteiger partial charge on any atom is -0.449 e. The predicted molar refractivity (Wildman–Crippen MR) is 38.3 cm³/mol. The summed E-state index contributed by atoms with van der Waals surface area (Å²) in [5, 5.41) is 0. The fraction of sp³-hybridized carbons (Fsp3) is 1.00. The second kappa shape index (κ2) is 3.57. The molecule has 0 atom stereocenters. The predicted octanol–water partition coefficient (Wildman–Crippen LogP) is 0.0280. The van der Waals surface area contributed by atoms with Gasteiger partial charge in [-0.25, -0.2) is 0 Å². The summed E-state index contributed by atoms with van der Waals surface area (Å²) in [6.45, 7) is -4.51. The van der Waals surface area contributed by atoms with E-state index in [4.69, 9.17) is 0 Å². The van der Waals surface area contributed by atoms with E-state index in [1.165, 1.54) is 12.8 Å². The molecular formula is C7H11BF3K. The molecule has 1 spiro atoms. The van der Waals surface area contributed by atoms with Gasteiger partial charge in [0.15, 0.2) is 0 Å². The van der Waals surface area contributed by atoms with Gasteiger partial charge in [0.25, 0.3) is 0 Å². The largest absolute Gasteiger partial charge is 1.00 e. The van der Waals surface area contributed by atoms with Gasteiger partial charge < -0.3 is 12.9 Å². The first-order valence-electron chi connectivity index (χ1n) is 4.20. The van der Waals surface area contributed by atoms with Crippen LogP contribution in [0.25, 0.3) is 0 Å². The summed E-state index contributed by atoms with van der Waals surface area (Å²) < 4.78 is 35.6. The van der Waals surface area contributed by atoms with Gasteiger partial charge in [-0.2, -0.15) is 0 Å². The fourth-order valence-corrected chi connectivity index (χ4v) is 2.29. The molecule has 0 aromatic heterocycles. The molecule has 0 saturated heterocycles. The molecule has 0 N–H and O–H groups in total. The van der Waals surface area contributed by atoms with Crippen molar-refractivity contribution < 1.29 is 64.3 Å². The summed E-state index contributed by atoms with van der Waals surface area (Å²) in [6.07, 6.45) is 3.60. The summed E-state index contributed by atoms with van der Waals surface area (Å²) in [7, 11) is 0. The van der Waals surface area contributed by atoms with Crippen molar-refractivity contribution in [3.8, 4) is 0 Å². The van der Waals surface area contributed by atoms with Gasteiger partial charge >= 0.3 is 58.4 Å². The Morgan fingerprint density at radius 2 is 1.67 bits per heavy atom. The van der Waals surface area contributed by atoms with Gasteiger partial charge in [0.2, 0.25) is 0 Å². The fourth-order valence-electron chi connectivity index (χ4n) is 2.29. The van der Waals surface area contributed by atoms with Crippen molar-refractivity contribution in [1.29, 1.82) is 0 Å². The van der Waals surface area contributed by atoms with Crippen LogP contribution in [0.15, 0.2) is 0 Å². The SMILES string of the molecule is F[B-](F)(F)CC1CC2(CC2)C1.[K+]. The van der Waals surface area contributed by atoms with Crippen LogP contribution < -0.4 is 51.4 Å². The van der Waals surface area contributed by atoms with E-state index in [2.05, 4.69) is 0 Å². The van der Waals surface area contributed by atoms with Crippen LogP contribution in [0.2, 0.25) is 6.32 Å². The van der Waals surface area contributed by atoms with Gasteiger partial charge in [-0.1, -0.05) is 12.2 Å². The van der Waals surface area contributed by atoms with Crippen LogP contribution >= 0.6 is 0 Å². The van der Waals surface area contributed by atoms with Crippen LogP contribution in [0, 0.1) is 11.3 Å². The number of halogens is 3. The number of rotatable bonds is 2. The molecule has 0 heterocycles. The third kappa shape index (κ3) is 2.74. The van der Waals surface area contributed by atoms with Gasteiger partial charge in [-0.05, 0) is 31.1 Å². The quantitative estimate of drug-likeness (QED) is 0.554. The Balaban J connectivity index is 0.000000720. The van der Waals surface area contributed by atoms with E-state index in [1.807, 2.05) is 0 Å². The molecule has 12 heavy (non-hydrogen) atoms. The number of hydrogen-bond acceptors (Lipinski definition) is 0. The molecule has 2 aliphatic rings. The molecule has 0 unspecified atom stereocenters. The Hall–Kier alpha value is 1.49. The van der Waals surface area contributed by atoms with E-state index in [0.717, 1.165) is 12.8 Å². The zero-order chi connectivity index (χ0) is 8.11. The maximum atomic E-state index is 11.9. The molecule has 0 aromatic carbocycles. The van der Waals surface area contributed by atoms with Crippen molar-refractivity contribution in [1.82, 2.24) is 0 Å². The molecule has 0 nitrogen and oxygen atoms in total. The van der Waals surface area contributed by atoms with Crippen molar-refractivity contribution >= 4 is 6.98 Å². The molecule has 5 heteroatoms. The third-order valence-corrected chi connectivity index (χ3v) is 3.00. The van der Waals surface area contributed by atoms with Gasteiger partial charge in [0.1, 0.15) is 0 Å². The summed E-state index contributed by atoms with van der Waals surface area (Å²) >= 11 is 0. The second-order valence-electron chi connectivity index (χ2n) is 4.22. The molecule has 2 fully saturated rings. The van der Waals surface area contributed by atoms with Crippen LogP contribution in [0.3, 0.4) is 0 Å². The zero-order valence-corrected chi connectivity index (χ0v) is 10.4. The van der Waals surface area contributed by atoms with Crippen LogP contribution in [-0.2, 0) is 0 Å². The van der Waals surface area contributed by atoms with Gasteiger partial charge in [-0.3, -0.25) is 0 Å². The average Bonchev–Trinajstić information content (AvgIpc) is 2.38. The molecule has 0 bridgehead atoms. The minimum absolute atomic E-state index is 0. The Kier molecular flexibility index (Phi) is 3.44. The molecule has 0 amide bonds. The Labute approximate surface area is 113 Å². The van der Waals surface area contributed by atoms with Crippen molar-refractivity contribution in [3.05, 3.63) is 0 Å². The van der Waals surface area contributed by atoms with E-state index >= 15 is 0 Å². The zero-order valence-electron chi connectivity index (χ0n) is 7.32. The first kappa shape index (κ1) is 11.6. The van der Waals surface area contributed by atoms with Crippen molar-refractivity contribution in [3.63, 3.8) is 0 Å². The van der Waals surface area contributed by atoms with Gasteiger partial charge in [0, 0.05) is 0 Å². The molecule has 0 radical (unpaired) electrons. The van der Waals surface area contributed by atoms with Crippen molar-refractivity contribution in [2.75, 3.05) is 0 Å². The smallest absolute Gasteiger partial charge is 0.449 e. The molecule has 2 saturated carbocycles. The first-order chi connectivity index (χ1) is 4.99. The van der Waals surface area contributed by atoms with E-state index < -0.39 is 13.3 Å². The Bertz CT molecular complexity index is 168. The summed E-state index contributed by atoms with van der Waals surface area (Å²) in [5.41, 5.74) is 0.423. The maximum Gasteiger partial charge on any atom is 1.00 e.